The smallest absolute Gasteiger partial charge is 0.00141 e. The number of hydrogen-bond acceptors (Lipinski definition) is 2. The van der Waals surface area contributed by atoms with Crippen molar-refractivity contribution in [3.05, 3.63) is 0 Å². The molecule has 0 amide bonds. The van der Waals surface area contributed by atoms with E-state index in [1.807, 2.05) is 0 Å². The Kier molecular flexibility index (Phi) is 6.65. The maximum atomic E-state index is 5.33. The molecule has 0 rings (SSSR count). The lowest BCUT2D eigenvalue weighted by molar-refractivity contribution is 0.652. The summed E-state index contributed by atoms with van der Waals surface area (Å²) in [4.78, 5) is 0. The Morgan fingerprint density at radius 1 is 1.44 bits per heavy atom. The highest BCUT2D eigenvalue weighted by molar-refractivity contribution is 7.80. The number of rotatable bonds is 5. The third kappa shape index (κ3) is 6.19. The highest BCUT2D eigenvalue weighted by atomic mass is 32.1. The molecule has 1 nitrogen and oxygen atoms in total. The fraction of sp³-hybridized carbons (Fsp3) is 1.00. The largest absolute Gasteiger partial charge is 0.330 e. The van der Waals surface area contributed by atoms with Gasteiger partial charge in [-0.3, -0.25) is 0 Å². The Morgan fingerprint density at radius 3 is 2.56 bits per heavy atom. The monoisotopic (exact) mass is 147 g/mol. The Morgan fingerprint density at radius 2 is 2.11 bits per heavy atom. The quantitative estimate of drug-likeness (QED) is 0.450. The van der Waals surface area contributed by atoms with Gasteiger partial charge in [-0.15, -0.1) is 0 Å². The van der Waals surface area contributed by atoms with Gasteiger partial charge in [0.15, 0.2) is 0 Å². The molecule has 0 bridgehead atoms. The SMILES string of the molecule is CCC(S)CCCCN. The lowest BCUT2D eigenvalue weighted by atomic mass is 10.1. The number of nitrogens with two attached hydrogens (primary N) is 1. The molecule has 0 spiro atoms. The van der Waals surface area contributed by atoms with Crippen LogP contribution in [0.3, 0.4) is 0 Å². The number of hydrogen-bond donors (Lipinski definition) is 2. The van der Waals surface area contributed by atoms with Crippen molar-refractivity contribution < 1.29 is 0 Å². The average molecular weight is 147 g/mol. The summed E-state index contributed by atoms with van der Waals surface area (Å²) in [5, 5.41) is 0.594. The lowest BCUT2D eigenvalue weighted by Crippen LogP contribution is -2.01. The van der Waals surface area contributed by atoms with Gasteiger partial charge in [-0.05, 0) is 25.8 Å². The zero-order chi connectivity index (χ0) is 7.11. The van der Waals surface area contributed by atoms with Crippen LogP contribution in [0.5, 0.6) is 0 Å². The normalized spacial score (nSPS) is 13.7. The van der Waals surface area contributed by atoms with E-state index in [-0.39, 0.29) is 0 Å². The van der Waals surface area contributed by atoms with E-state index in [9.17, 15) is 0 Å². The Hall–Kier alpha value is 0.310. The van der Waals surface area contributed by atoms with Crippen LogP contribution in [0, 0.1) is 0 Å². The van der Waals surface area contributed by atoms with Crippen LogP contribution in [0.4, 0.5) is 0 Å². The van der Waals surface area contributed by atoms with Crippen molar-refractivity contribution in [1.82, 2.24) is 0 Å². The Balaban J connectivity index is 2.88. The molecule has 0 aliphatic rings. The molecule has 56 valence electrons. The molecule has 0 aliphatic heterocycles. The topological polar surface area (TPSA) is 26.0 Å². The maximum absolute atomic E-state index is 5.33. The van der Waals surface area contributed by atoms with Crippen LogP contribution in [-0.2, 0) is 0 Å². The summed E-state index contributed by atoms with van der Waals surface area (Å²) < 4.78 is 0. The number of unbranched alkanes of at least 4 members (excludes halogenated alkanes) is 1. The van der Waals surface area contributed by atoms with Crippen LogP contribution in [0.1, 0.15) is 32.6 Å². The molecule has 0 aliphatic carbocycles. The minimum Gasteiger partial charge on any atom is -0.330 e. The fourth-order valence-electron chi connectivity index (χ4n) is 0.728. The van der Waals surface area contributed by atoms with E-state index in [2.05, 4.69) is 19.6 Å². The van der Waals surface area contributed by atoms with Crippen LogP contribution >= 0.6 is 12.6 Å². The predicted octanol–water partition coefficient (Wildman–Crippen LogP) is 1.82. The summed E-state index contributed by atoms with van der Waals surface area (Å²) in [6, 6.07) is 0. The average Bonchev–Trinajstić information content (AvgIpc) is 1.89. The summed E-state index contributed by atoms with van der Waals surface area (Å²) in [6.45, 7) is 2.99. The third-order valence-corrected chi connectivity index (χ3v) is 2.09. The van der Waals surface area contributed by atoms with Crippen LogP contribution < -0.4 is 5.73 Å². The van der Waals surface area contributed by atoms with Crippen molar-refractivity contribution in [2.45, 2.75) is 37.9 Å². The molecule has 0 fully saturated rings. The fourth-order valence-corrected chi connectivity index (χ4v) is 0.911. The lowest BCUT2D eigenvalue weighted by Gasteiger charge is -2.04. The van der Waals surface area contributed by atoms with E-state index >= 15 is 0 Å². The first-order chi connectivity index (χ1) is 4.31. The van der Waals surface area contributed by atoms with Crippen LogP contribution in [-0.4, -0.2) is 11.8 Å². The Labute approximate surface area is 63.4 Å². The second kappa shape index (κ2) is 6.43. The van der Waals surface area contributed by atoms with E-state index in [1.165, 1.54) is 19.3 Å². The molecule has 0 heterocycles. The molecule has 0 aromatic carbocycles. The van der Waals surface area contributed by atoms with Gasteiger partial charge in [0.2, 0.25) is 0 Å². The van der Waals surface area contributed by atoms with Crippen molar-refractivity contribution in [2.24, 2.45) is 5.73 Å². The van der Waals surface area contributed by atoms with Crippen LogP contribution in [0.2, 0.25) is 0 Å². The van der Waals surface area contributed by atoms with Gasteiger partial charge in [-0.2, -0.15) is 12.6 Å². The van der Waals surface area contributed by atoms with Gasteiger partial charge in [0.05, 0.1) is 0 Å². The van der Waals surface area contributed by atoms with E-state index < -0.39 is 0 Å². The third-order valence-electron chi connectivity index (χ3n) is 1.46. The molecule has 0 saturated heterocycles. The summed E-state index contributed by atoms with van der Waals surface area (Å²) in [7, 11) is 0. The Bertz CT molecular complexity index is 56.9. The summed E-state index contributed by atoms with van der Waals surface area (Å²) in [5.41, 5.74) is 5.33. The summed E-state index contributed by atoms with van der Waals surface area (Å²) in [6.07, 6.45) is 4.78. The predicted molar refractivity (Wildman–Crippen MR) is 46.0 cm³/mol. The number of thiol groups is 1. The molecule has 2 N–H and O–H groups in total. The molecule has 0 radical (unpaired) electrons. The van der Waals surface area contributed by atoms with E-state index in [4.69, 9.17) is 5.73 Å². The first kappa shape index (κ1) is 9.31. The minimum absolute atomic E-state index is 0.594. The van der Waals surface area contributed by atoms with Gasteiger partial charge in [-0.1, -0.05) is 13.3 Å². The minimum atomic E-state index is 0.594. The van der Waals surface area contributed by atoms with Crippen molar-refractivity contribution >= 4 is 12.6 Å². The highest BCUT2D eigenvalue weighted by Gasteiger charge is 1.96. The van der Waals surface area contributed by atoms with Crippen molar-refractivity contribution in [2.75, 3.05) is 6.54 Å². The molecular weight excluding hydrogens is 130 g/mol. The highest BCUT2D eigenvalue weighted by Crippen LogP contribution is 2.09. The standard InChI is InChI=1S/C7H17NS/c1-2-7(9)5-3-4-6-8/h7,9H,2-6,8H2,1H3. The van der Waals surface area contributed by atoms with Crippen molar-refractivity contribution in [1.29, 1.82) is 0 Å². The molecule has 1 unspecified atom stereocenters. The second-order valence-corrected chi connectivity index (χ2v) is 3.08. The van der Waals surface area contributed by atoms with E-state index in [0.717, 1.165) is 13.0 Å². The molecule has 9 heavy (non-hydrogen) atoms. The van der Waals surface area contributed by atoms with Crippen LogP contribution in [0.25, 0.3) is 0 Å². The van der Waals surface area contributed by atoms with Crippen LogP contribution in [0.15, 0.2) is 0 Å². The van der Waals surface area contributed by atoms with Crippen molar-refractivity contribution in [3.63, 3.8) is 0 Å². The summed E-state index contributed by atoms with van der Waals surface area (Å²) >= 11 is 4.36. The molecule has 0 aromatic rings. The van der Waals surface area contributed by atoms with Crippen molar-refractivity contribution in [3.8, 4) is 0 Å². The van der Waals surface area contributed by atoms with Gasteiger partial charge < -0.3 is 5.73 Å². The zero-order valence-electron chi connectivity index (χ0n) is 6.14. The van der Waals surface area contributed by atoms with Gasteiger partial charge in [-0.25, -0.2) is 0 Å². The maximum Gasteiger partial charge on any atom is 0.00141 e. The molecule has 1 atom stereocenters. The van der Waals surface area contributed by atoms with Gasteiger partial charge >= 0.3 is 0 Å². The molecular formula is C7H17NS. The van der Waals surface area contributed by atoms with E-state index in [0.29, 0.717) is 5.25 Å². The molecule has 0 aromatic heterocycles. The van der Waals surface area contributed by atoms with Gasteiger partial charge in [0.1, 0.15) is 0 Å². The van der Waals surface area contributed by atoms with Gasteiger partial charge in [0.25, 0.3) is 0 Å². The molecule has 2 heteroatoms. The zero-order valence-corrected chi connectivity index (χ0v) is 7.03. The van der Waals surface area contributed by atoms with Gasteiger partial charge in [0, 0.05) is 5.25 Å². The summed E-state index contributed by atoms with van der Waals surface area (Å²) in [5.74, 6) is 0. The first-order valence-electron chi connectivity index (χ1n) is 3.69. The van der Waals surface area contributed by atoms with E-state index in [1.54, 1.807) is 0 Å². The first-order valence-corrected chi connectivity index (χ1v) is 4.21. The molecule has 0 saturated carbocycles. The second-order valence-electron chi connectivity index (χ2n) is 2.35.